The molecule has 1 unspecified atom stereocenters. The van der Waals surface area contributed by atoms with Gasteiger partial charge in [-0.05, 0) is 36.8 Å². The van der Waals surface area contributed by atoms with E-state index in [9.17, 15) is 9.18 Å². The fraction of sp³-hybridized carbons (Fsp3) is 0.250. The zero-order valence-electron chi connectivity index (χ0n) is 16.2. The molecule has 2 N–H and O–H groups in total. The molecule has 0 bridgehead atoms. The predicted molar refractivity (Wildman–Crippen MR) is 109 cm³/mol. The topological polar surface area (TPSA) is 86.3 Å². The van der Waals surface area contributed by atoms with Crippen LogP contribution in [0, 0.1) is 5.82 Å². The molecule has 0 spiro atoms. The lowest BCUT2D eigenvalue weighted by Crippen LogP contribution is -2.33. The maximum Gasteiger partial charge on any atom is 0.235 e. The summed E-state index contributed by atoms with van der Waals surface area (Å²) in [5, 5.41) is 8.09. The van der Waals surface area contributed by atoms with E-state index in [1.165, 1.54) is 40.7 Å². The molecule has 7 nitrogen and oxygen atoms in total. The number of carbonyl (C=O) groups is 1. The Hall–Kier alpha value is -3.07. The van der Waals surface area contributed by atoms with E-state index in [0.717, 1.165) is 5.56 Å². The van der Waals surface area contributed by atoms with Gasteiger partial charge in [0, 0.05) is 13.6 Å². The minimum absolute atomic E-state index is 0.0361. The molecule has 0 aliphatic carbocycles. The van der Waals surface area contributed by atoms with Crippen LogP contribution < -0.4 is 10.6 Å². The van der Waals surface area contributed by atoms with Crippen LogP contribution in [0.15, 0.2) is 59.8 Å². The third-order valence-electron chi connectivity index (χ3n) is 4.19. The van der Waals surface area contributed by atoms with Crippen molar-refractivity contribution in [2.75, 3.05) is 12.9 Å². The van der Waals surface area contributed by atoms with Gasteiger partial charge in [0.1, 0.15) is 18.2 Å². The normalized spacial score (nSPS) is 11.8. The Morgan fingerprint density at radius 2 is 1.90 bits per heavy atom. The van der Waals surface area contributed by atoms with E-state index in [4.69, 9.17) is 10.6 Å². The van der Waals surface area contributed by atoms with Crippen LogP contribution in [-0.2, 0) is 17.9 Å². The molecule has 9 heteroatoms. The highest BCUT2D eigenvalue weighted by Gasteiger charge is 2.22. The number of aromatic nitrogens is 3. The van der Waals surface area contributed by atoms with Gasteiger partial charge in [-0.25, -0.2) is 9.07 Å². The fourth-order valence-electron chi connectivity index (χ4n) is 2.62. The maximum atomic E-state index is 12.9. The van der Waals surface area contributed by atoms with E-state index in [0.29, 0.717) is 23.3 Å². The Balaban J connectivity index is 1.56. The summed E-state index contributed by atoms with van der Waals surface area (Å²) in [6, 6.07) is 15.4. The summed E-state index contributed by atoms with van der Waals surface area (Å²) in [6.45, 7) is 2.40. The Morgan fingerprint density at radius 1 is 1.21 bits per heavy atom. The van der Waals surface area contributed by atoms with Crippen molar-refractivity contribution in [2.45, 2.75) is 30.5 Å². The van der Waals surface area contributed by atoms with Crippen LogP contribution in [0.25, 0.3) is 0 Å². The molecule has 3 rings (SSSR count). The number of hydrogen-bond donors (Lipinski definition) is 1. The number of nitrogens with zero attached hydrogens (tertiary/aromatic N) is 4. The van der Waals surface area contributed by atoms with E-state index in [2.05, 4.69) is 10.2 Å². The predicted octanol–water partition coefficient (Wildman–Crippen LogP) is 2.85. The van der Waals surface area contributed by atoms with Crippen molar-refractivity contribution in [3.63, 3.8) is 0 Å². The quantitative estimate of drug-likeness (QED) is 0.450. The third-order valence-corrected chi connectivity index (χ3v) is 5.23. The number of halogens is 1. The largest absolute Gasteiger partial charge is 0.486 e. The van der Waals surface area contributed by atoms with Gasteiger partial charge in [-0.2, -0.15) is 0 Å². The molecule has 1 aromatic heterocycles. The van der Waals surface area contributed by atoms with Crippen molar-refractivity contribution in [3.8, 4) is 5.75 Å². The van der Waals surface area contributed by atoms with Crippen molar-refractivity contribution >= 4 is 17.7 Å². The second-order valence-corrected chi connectivity index (χ2v) is 7.76. The molecule has 0 saturated heterocycles. The zero-order valence-corrected chi connectivity index (χ0v) is 17.0. The Bertz CT molecular complexity index is 949. The second-order valence-electron chi connectivity index (χ2n) is 6.45. The van der Waals surface area contributed by atoms with Crippen LogP contribution in [0.2, 0.25) is 0 Å². The molecule has 152 valence electrons. The minimum atomic E-state index is -0.388. The molecule has 0 aliphatic rings. The van der Waals surface area contributed by atoms with Gasteiger partial charge in [0.05, 0.1) is 5.25 Å². The molecule has 1 atom stereocenters. The van der Waals surface area contributed by atoms with Crippen molar-refractivity contribution in [1.82, 2.24) is 19.8 Å². The van der Waals surface area contributed by atoms with Gasteiger partial charge in [-0.1, -0.05) is 42.1 Å². The molecular weight excluding hydrogens is 393 g/mol. The lowest BCUT2D eigenvalue weighted by Gasteiger charge is -2.21. The molecule has 0 aliphatic heterocycles. The number of thioether (sulfide) groups is 1. The first-order chi connectivity index (χ1) is 13.9. The molecule has 2 aromatic carbocycles. The van der Waals surface area contributed by atoms with Crippen LogP contribution in [0.5, 0.6) is 5.75 Å². The van der Waals surface area contributed by atoms with E-state index in [-0.39, 0.29) is 23.6 Å². The van der Waals surface area contributed by atoms with Crippen molar-refractivity contribution in [2.24, 2.45) is 0 Å². The van der Waals surface area contributed by atoms with E-state index in [1.54, 1.807) is 18.9 Å². The van der Waals surface area contributed by atoms with Crippen molar-refractivity contribution < 1.29 is 13.9 Å². The first-order valence-electron chi connectivity index (χ1n) is 8.97. The number of nitrogen functional groups attached to an aromatic ring is 1. The minimum Gasteiger partial charge on any atom is -0.486 e. The Kier molecular flexibility index (Phi) is 6.71. The molecule has 29 heavy (non-hydrogen) atoms. The number of hydrogen-bond acceptors (Lipinski definition) is 6. The van der Waals surface area contributed by atoms with Crippen LogP contribution in [0.4, 0.5) is 4.39 Å². The number of nitrogens with two attached hydrogens (primary N) is 1. The highest BCUT2D eigenvalue weighted by Crippen LogP contribution is 2.23. The standard InChI is InChI=1S/C20H22FN5O2S/c1-14(19(27)25(2)12-15-6-4-3-5-7-15)29-20-24-23-18(26(20)22)13-28-17-10-8-16(21)9-11-17/h3-11,14H,12-13,22H2,1-2H3. The van der Waals surface area contributed by atoms with Gasteiger partial charge in [-0.3, -0.25) is 4.79 Å². The van der Waals surface area contributed by atoms with Gasteiger partial charge in [0.15, 0.2) is 5.82 Å². The summed E-state index contributed by atoms with van der Waals surface area (Å²) in [7, 11) is 1.77. The Labute approximate surface area is 172 Å². The van der Waals surface area contributed by atoms with E-state index in [1.807, 2.05) is 30.3 Å². The SMILES string of the molecule is CC(Sc1nnc(COc2ccc(F)cc2)n1N)C(=O)N(C)Cc1ccccc1. The third kappa shape index (κ3) is 5.47. The van der Waals surface area contributed by atoms with Gasteiger partial charge >= 0.3 is 0 Å². The molecule has 1 heterocycles. The van der Waals surface area contributed by atoms with Crippen LogP contribution in [-0.4, -0.2) is 38.0 Å². The van der Waals surface area contributed by atoms with E-state index >= 15 is 0 Å². The number of amides is 1. The van der Waals surface area contributed by atoms with Gasteiger partial charge in [0.25, 0.3) is 0 Å². The fourth-order valence-corrected chi connectivity index (χ4v) is 3.52. The highest BCUT2D eigenvalue weighted by molar-refractivity contribution is 8.00. The molecular formula is C20H22FN5O2S. The lowest BCUT2D eigenvalue weighted by molar-refractivity contribution is -0.129. The van der Waals surface area contributed by atoms with Gasteiger partial charge < -0.3 is 15.5 Å². The first-order valence-corrected chi connectivity index (χ1v) is 9.85. The van der Waals surface area contributed by atoms with Gasteiger partial charge in [0.2, 0.25) is 11.1 Å². The smallest absolute Gasteiger partial charge is 0.235 e. The monoisotopic (exact) mass is 415 g/mol. The number of rotatable bonds is 8. The van der Waals surface area contributed by atoms with Crippen LogP contribution >= 0.6 is 11.8 Å². The average Bonchev–Trinajstić information content (AvgIpc) is 3.07. The van der Waals surface area contributed by atoms with Gasteiger partial charge in [-0.15, -0.1) is 10.2 Å². The summed E-state index contributed by atoms with van der Waals surface area (Å²) in [6.07, 6.45) is 0. The van der Waals surface area contributed by atoms with Crippen molar-refractivity contribution in [1.29, 1.82) is 0 Å². The molecule has 3 aromatic rings. The summed E-state index contributed by atoms with van der Waals surface area (Å²) in [5.41, 5.74) is 1.06. The molecule has 0 saturated carbocycles. The molecule has 0 fully saturated rings. The second kappa shape index (κ2) is 9.42. The number of ether oxygens (including phenoxy) is 1. The summed E-state index contributed by atoms with van der Waals surface area (Å²) >= 11 is 1.23. The molecule has 1 amide bonds. The molecule has 0 radical (unpaired) electrons. The first kappa shape index (κ1) is 20.7. The average molecular weight is 415 g/mol. The number of carbonyl (C=O) groups excluding carboxylic acids is 1. The highest BCUT2D eigenvalue weighted by atomic mass is 32.2. The lowest BCUT2D eigenvalue weighted by atomic mass is 10.2. The maximum absolute atomic E-state index is 12.9. The van der Waals surface area contributed by atoms with Crippen LogP contribution in [0.3, 0.4) is 0 Å². The summed E-state index contributed by atoms with van der Waals surface area (Å²) in [4.78, 5) is 14.3. The van der Waals surface area contributed by atoms with Crippen molar-refractivity contribution in [3.05, 3.63) is 71.8 Å². The van der Waals surface area contributed by atoms with Crippen LogP contribution in [0.1, 0.15) is 18.3 Å². The zero-order chi connectivity index (χ0) is 20.8. The summed E-state index contributed by atoms with van der Waals surface area (Å²) < 4.78 is 19.8. The Morgan fingerprint density at radius 3 is 2.59 bits per heavy atom. The summed E-state index contributed by atoms with van der Waals surface area (Å²) in [5.74, 6) is 6.56. The number of benzene rings is 2. The van der Waals surface area contributed by atoms with E-state index < -0.39 is 0 Å².